The fourth-order valence-corrected chi connectivity index (χ4v) is 5.14. The molecule has 0 spiro atoms. The predicted molar refractivity (Wildman–Crippen MR) is 148 cm³/mol. The Kier molecular flexibility index (Phi) is 7.88. The molecule has 0 saturated carbocycles. The second kappa shape index (κ2) is 11.2. The van der Waals surface area contributed by atoms with Crippen molar-refractivity contribution >= 4 is 23.9 Å². The molecule has 0 aliphatic carbocycles. The average molecular weight is 482 g/mol. The van der Waals surface area contributed by atoms with Crippen molar-refractivity contribution in [2.45, 2.75) is 39.2 Å². The van der Waals surface area contributed by atoms with Crippen LogP contribution in [0.1, 0.15) is 49.6 Å². The number of aromatic nitrogens is 1. The maximum Gasteiger partial charge on any atom is 0.271 e. The lowest BCUT2D eigenvalue weighted by molar-refractivity contribution is 0.0955. The Hall–Kier alpha value is -3.57. The van der Waals surface area contributed by atoms with Crippen LogP contribution in [0.4, 0.5) is 0 Å². The van der Waals surface area contributed by atoms with E-state index in [-0.39, 0.29) is 5.91 Å². The van der Waals surface area contributed by atoms with Gasteiger partial charge in [-0.25, -0.2) is 5.43 Å². The highest BCUT2D eigenvalue weighted by molar-refractivity contribution is 7.97. The van der Waals surface area contributed by atoms with Crippen molar-refractivity contribution < 1.29 is 4.79 Å². The molecule has 4 rings (SSSR count). The lowest BCUT2D eigenvalue weighted by Gasteiger charge is -2.13. The molecular weight excluding hydrogens is 450 g/mol. The van der Waals surface area contributed by atoms with E-state index in [0.717, 1.165) is 34.1 Å². The zero-order valence-corrected chi connectivity index (χ0v) is 21.5. The van der Waals surface area contributed by atoms with Gasteiger partial charge in [-0.05, 0) is 68.7 Å². The summed E-state index contributed by atoms with van der Waals surface area (Å²) in [6, 6.07) is 26.7. The molecule has 1 aromatic heterocycles. The standard InChI is InChI=1S/C30H31N3OS/c1-21-10-15-29(22(2)16-21)33-23(3)17-28(24(33)4)18-31-32-30(34)27-13-11-26(12-14-27)20-35-19-25-8-6-5-7-9-25/h5-18H,19-20H2,1-4H3,(H,32,34)/b31-18-. The van der Waals surface area contributed by atoms with E-state index in [2.05, 4.69) is 91.3 Å². The zero-order chi connectivity index (χ0) is 24.8. The van der Waals surface area contributed by atoms with Gasteiger partial charge in [0.2, 0.25) is 0 Å². The third kappa shape index (κ3) is 6.11. The van der Waals surface area contributed by atoms with Gasteiger partial charge in [-0.1, -0.05) is 60.2 Å². The van der Waals surface area contributed by atoms with Crippen LogP contribution < -0.4 is 5.43 Å². The van der Waals surface area contributed by atoms with Crippen LogP contribution in [0.25, 0.3) is 5.69 Å². The van der Waals surface area contributed by atoms with E-state index in [0.29, 0.717) is 5.56 Å². The van der Waals surface area contributed by atoms with Crippen molar-refractivity contribution in [2.75, 3.05) is 0 Å². The maximum atomic E-state index is 12.6. The number of benzene rings is 3. The van der Waals surface area contributed by atoms with Gasteiger partial charge in [0, 0.05) is 39.7 Å². The quantitative estimate of drug-likeness (QED) is 0.220. The third-order valence-corrected chi connectivity index (χ3v) is 7.10. The second-order valence-electron chi connectivity index (χ2n) is 8.83. The topological polar surface area (TPSA) is 46.4 Å². The molecule has 0 bridgehead atoms. The lowest BCUT2D eigenvalue weighted by Crippen LogP contribution is -2.17. The van der Waals surface area contributed by atoms with Gasteiger partial charge in [0.25, 0.3) is 5.91 Å². The largest absolute Gasteiger partial charge is 0.318 e. The van der Waals surface area contributed by atoms with Gasteiger partial charge in [0.1, 0.15) is 0 Å². The van der Waals surface area contributed by atoms with Gasteiger partial charge < -0.3 is 4.57 Å². The van der Waals surface area contributed by atoms with Crippen molar-refractivity contribution in [3.63, 3.8) is 0 Å². The molecule has 0 atom stereocenters. The van der Waals surface area contributed by atoms with E-state index in [4.69, 9.17) is 0 Å². The molecule has 4 nitrogen and oxygen atoms in total. The molecule has 0 aliphatic heterocycles. The summed E-state index contributed by atoms with van der Waals surface area (Å²) >= 11 is 1.86. The summed E-state index contributed by atoms with van der Waals surface area (Å²) in [4.78, 5) is 12.6. The first-order valence-electron chi connectivity index (χ1n) is 11.7. The molecule has 1 amide bonds. The summed E-state index contributed by atoms with van der Waals surface area (Å²) in [6.07, 6.45) is 1.72. The molecule has 178 valence electrons. The van der Waals surface area contributed by atoms with E-state index in [1.54, 1.807) is 6.21 Å². The molecule has 3 aromatic carbocycles. The van der Waals surface area contributed by atoms with Gasteiger partial charge in [0.05, 0.1) is 6.21 Å². The van der Waals surface area contributed by atoms with Crippen molar-refractivity contribution in [1.29, 1.82) is 0 Å². The zero-order valence-electron chi connectivity index (χ0n) is 20.7. The van der Waals surface area contributed by atoms with Crippen molar-refractivity contribution in [3.05, 3.63) is 124 Å². The third-order valence-electron chi connectivity index (χ3n) is 6.03. The number of rotatable bonds is 8. The van der Waals surface area contributed by atoms with Crippen LogP contribution in [-0.4, -0.2) is 16.7 Å². The van der Waals surface area contributed by atoms with Gasteiger partial charge >= 0.3 is 0 Å². The van der Waals surface area contributed by atoms with Gasteiger partial charge in [-0.15, -0.1) is 0 Å². The number of hydrazone groups is 1. The van der Waals surface area contributed by atoms with Gasteiger partial charge in [-0.3, -0.25) is 4.79 Å². The Bertz CT molecular complexity index is 1340. The first-order valence-corrected chi connectivity index (χ1v) is 12.9. The SMILES string of the molecule is Cc1ccc(-n2c(C)cc(/C=N\NC(=O)c3ccc(CSCc4ccccc4)cc3)c2C)c(C)c1. The van der Waals surface area contributed by atoms with Crippen LogP contribution in [0.3, 0.4) is 0 Å². The number of hydrogen-bond donors (Lipinski definition) is 1. The van der Waals surface area contributed by atoms with E-state index >= 15 is 0 Å². The molecule has 5 heteroatoms. The van der Waals surface area contributed by atoms with E-state index in [1.807, 2.05) is 42.1 Å². The molecule has 1 heterocycles. The van der Waals surface area contributed by atoms with Crippen LogP contribution in [-0.2, 0) is 11.5 Å². The number of carbonyl (C=O) groups is 1. The minimum atomic E-state index is -0.215. The average Bonchev–Trinajstić information content (AvgIpc) is 3.13. The number of amides is 1. The van der Waals surface area contributed by atoms with Gasteiger partial charge in [0.15, 0.2) is 0 Å². The molecule has 0 aliphatic rings. The molecule has 0 radical (unpaired) electrons. The second-order valence-corrected chi connectivity index (χ2v) is 9.81. The fraction of sp³-hybridized carbons (Fsp3) is 0.200. The molecule has 0 saturated heterocycles. The summed E-state index contributed by atoms with van der Waals surface area (Å²) in [5, 5.41) is 4.23. The van der Waals surface area contributed by atoms with E-state index in [1.165, 1.54) is 22.3 Å². The minimum Gasteiger partial charge on any atom is -0.318 e. The number of hydrogen-bond acceptors (Lipinski definition) is 3. The first kappa shape index (κ1) is 24.6. The normalized spacial score (nSPS) is 11.2. The Labute approximate surface area is 212 Å². The minimum absolute atomic E-state index is 0.215. The molecule has 0 fully saturated rings. The summed E-state index contributed by atoms with van der Waals surface area (Å²) in [5.74, 6) is 1.67. The Morgan fingerprint density at radius 1 is 0.886 bits per heavy atom. The van der Waals surface area contributed by atoms with Crippen LogP contribution in [0, 0.1) is 27.7 Å². The van der Waals surface area contributed by atoms with E-state index in [9.17, 15) is 4.79 Å². The predicted octanol–water partition coefficient (Wildman–Crippen LogP) is 6.91. The first-order chi connectivity index (χ1) is 16.9. The Balaban J connectivity index is 1.35. The Morgan fingerprint density at radius 2 is 1.57 bits per heavy atom. The van der Waals surface area contributed by atoms with Crippen molar-refractivity contribution in [1.82, 2.24) is 9.99 Å². The summed E-state index contributed by atoms with van der Waals surface area (Å²) in [6.45, 7) is 8.39. The highest BCUT2D eigenvalue weighted by Gasteiger charge is 2.12. The maximum absolute atomic E-state index is 12.6. The molecule has 35 heavy (non-hydrogen) atoms. The number of nitrogens with zero attached hydrogens (tertiary/aromatic N) is 2. The summed E-state index contributed by atoms with van der Waals surface area (Å²) < 4.78 is 2.23. The number of nitrogens with one attached hydrogen (secondary N) is 1. The van der Waals surface area contributed by atoms with Crippen LogP contribution in [0.15, 0.2) is 84.0 Å². The van der Waals surface area contributed by atoms with Crippen molar-refractivity contribution in [3.8, 4) is 5.69 Å². The number of carbonyl (C=O) groups excluding carboxylic acids is 1. The van der Waals surface area contributed by atoms with Crippen LogP contribution in [0.5, 0.6) is 0 Å². The van der Waals surface area contributed by atoms with Gasteiger partial charge in [-0.2, -0.15) is 16.9 Å². The van der Waals surface area contributed by atoms with Crippen LogP contribution in [0.2, 0.25) is 0 Å². The molecular formula is C30H31N3OS. The monoisotopic (exact) mass is 481 g/mol. The Morgan fingerprint density at radius 3 is 2.26 bits per heavy atom. The molecule has 4 aromatic rings. The highest BCUT2D eigenvalue weighted by atomic mass is 32.2. The highest BCUT2D eigenvalue weighted by Crippen LogP contribution is 2.23. The van der Waals surface area contributed by atoms with Crippen molar-refractivity contribution in [2.24, 2.45) is 5.10 Å². The molecule has 0 unspecified atom stereocenters. The summed E-state index contributed by atoms with van der Waals surface area (Å²) in [7, 11) is 0. The lowest BCUT2D eigenvalue weighted by atomic mass is 10.1. The summed E-state index contributed by atoms with van der Waals surface area (Å²) in [5.41, 5.74) is 12.6. The van der Waals surface area contributed by atoms with E-state index < -0.39 is 0 Å². The van der Waals surface area contributed by atoms with Crippen LogP contribution >= 0.6 is 11.8 Å². The fourth-order valence-electron chi connectivity index (χ4n) is 4.18. The smallest absolute Gasteiger partial charge is 0.271 e. The number of thioether (sulfide) groups is 1. The number of aryl methyl sites for hydroxylation is 3. The molecule has 1 N–H and O–H groups in total.